The average Bonchev–Trinajstić information content (AvgIpc) is 2.40. The zero-order chi connectivity index (χ0) is 13.9. The molecule has 2 nitrogen and oxygen atoms in total. The van der Waals surface area contributed by atoms with E-state index in [1.165, 1.54) is 0 Å². The summed E-state index contributed by atoms with van der Waals surface area (Å²) in [4.78, 5) is 12.9. The molecule has 1 unspecified atom stereocenters. The minimum absolute atomic E-state index is 0.0403. The zero-order valence-corrected chi connectivity index (χ0v) is 12.9. The standard InChI is InChI=1S/C15H14BrO2S/c1-19(18,14-5-3-2-4-6-14)11-15(17)12-7-9-13(16)10-8-12/h2-10H,11H2,1H3/q+1. The highest BCUT2D eigenvalue weighted by Crippen LogP contribution is 2.19. The zero-order valence-electron chi connectivity index (χ0n) is 10.5. The van der Waals surface area contributed by atoms with E-state index in [0.717, 1.165) is 9.37 Å². The molecule has 98 valence electrons. The molecule has 0 bridgehead atoms. The summed E-state index contributed by atoms with van der Waals surface area (Å²) in [6.45, 7) is 0. The average molecular weight is 338 g/mol. The second-order valence-corrected chi connectivity index (χ2v) is 8.08. The number of hydrogen-bond acceptors (Lipinski definition) is 2. The number of ketones is 1. The number of carbonyl (C=O) groups excluding carboxylic acids is 1. The summed E-state index contributed by atoms with van der Waals surface area (Å²) < 4.78 is 13.5. The van der Waals surface area contributed by atoms with E-state index in [0.29, 0.717) is 5.56 Å². The van der Waals surface area contributed by atoms with Crippen LogP contribution in [0.15, 0.2) is 64.0 Å². The fraction of sp³-hybridized carbons (Fsp3) is 0.133. The van der Waals surface area contributed by atoms with Gasteiger partial charge in [-0.2, -0.15) is 0 Å². The van der Waals surface area contributed by atoms with Crippen molar-refractivity contribution in [3.63, 3.8) is 0 Å². The molecule has 0 radical (unpaired) electrons. The largest absolute Gasteiger partial charge is 0.289 e. The number of Topliss-reactive ketones (excluding diaryl/α,β-unsaturated/α-hetero) is 1. The van der Waals surface area contributed by atoms with Crippen LogP contribution in [0.1, 0.15) is 10.4 Å². The number of hydrogen-bond donors (Lipinski definition) is 0. The molecule has 4 heteroatoms. The molecule has 0 spiro atoms. The first-order valence-electron chi connectivity index (χ1n) is 5.80. The highest BCUT2D eigenvalue weighted by Gasteiger charge is 2.28. The van der Waals surface area contributed by atoms with Crippen LogP contribution in [0.4, 0.5) is 0 Å². The Hall–Kier alpha value is -1.26. The predicted octanol–water partition coefficient (Wildman–Crippen LogP) is 3.82. The van der Waals surface area contributed by atoms with E-state index in [4.69, 9.17) is 0 Å². The van der Waals surface area contributed by atoms with Crippen LogP contribution in [0, 0.1) is 0 Å². The van der Waals surface area contributed by atoms with Gasteiger partial charge in [-0.15, -0.1) is 0 Å². The Bertz CT molecular complexity index is 620. The van der Waals surface area contributed by atoms with Crippen molar-refractivity contribution in [1.82, 2.24) is 0 Å². The molecule has 2 aromatic rings. The maximum absolute atomic E-state index is 12.6. The first-order valence-corrected chi connectivity index (χ1v) is 8.72. The highest BCUT2D eigenvalue weighted by molar-refractivity contribution is 9.10. The van der Waals surface area contributed by atoms with Crippen LogP contribution in [-0.2, 0) is 14.1 Å². The van der Waals surface area contributed by atoms with E-state index < -0.39 is 9.93 Å². The van der Waals surface area contributed by atoms with Gasteiger partial charge in [-0.05, 0) is 24.3 Å². The van der Waals surface area contributed by atoms with Crippen molar-refractivity contribution in [2.75, 3.05) is 12.0 Å². The summed E-state index contributed by atoms with van der Waals surface area (Å²) in [5, 5.41) is 0. The summed E-state index contributed by atoms with van der Waals surface area (Å²) >= 11 is 3.32. The van der Waals surface area contributed by atoms with Crippen LogP contribution in [-0.4, -0.2) is 17.8 Å². The van der Waals surface area contributed by atoms with Crippen LogP contribution in [0.5, 0.6) is 0 Å². The lowest BCUT2D eigenvalue weighted by Crippen LogP contribution is -2.21. The molecule has 0 aliphatic rings. The lowest BCUT2D eigenvalue weighted by atomic mass is 10.2. The van der Waals surface area contributed by atoms with Crippen molar-refractivity contribution in [3.05, 3.63) is 64.6 Å². The highest BCUT2D eigenvalue weighted by atomic mass is 79.9. The van der Waals surface area contributed by atoms with Crippen molar-refractivity contribution >= 4 is 31.6 Å². The van der Waals surface area contributed by atoms with Gasteiger partial charge >= 0.3 is 0 Å². The molecule has 0 amide bonds. The number of rotatable bonds is 4. The van der Waals surface area contributed by atoms with Gasteiger partial charge in [0.25, 0.3) is 0 Å². The van der Waals surface area contributed by atoms with Crippen molar-refractivity contribution in [3.8, 4) is 0 Å². The van der Waals surface area contributed by atoms with Crippen molar-refractivity contribution in [2.45, 2.75) is 4.90 Å². The maximum atomic E-state index is 12.6. The molecule has 2 rings (SSSR count). The third kappa shape index (κ3) is 3.61. The fourth-order valence-electron chi connectivity index (χ4n) is 1.76. The van der Waals surface area contributed by atoms with Crippen LogP contribution < -0.4 is 0 Å². The molecule has 0 N–H and O–H groups in total. The molecule has 1 atom stereocenters. The molecule has 0 heterocycles. The van der Waals surface area contributed by atoms with Gasteiger partial charge in [0.15, 0.2) is 10.6 Å². The van der Waals surface area contributed by atoms with Gasteiger partial charge in [-0.3, -0.25) is 4.79 Å². The van der Waals surface area contributed by atoms with E-state index in [9.17, 15) is 9.00 Å². The van der Waals surface area contributed by atoms with Gasteiger partial charge in [-0.1, -0.05) is 50.5 Å². The predicted molar refractivity (Wildman–Crippen MR) is 82.0 cm³/mol. The minimum atomic E-state index is -2.33. The lowest BCUT2D eigenvalue weighted by Gasteiger charge is -2.06. The molecular weight excluding hydrogens is 324 g/mol. The molecule has 0 saturated heterocycles. The number of benzene rings is 2. The third-order valence-corrected chi connectivity index (χ3v) is 5.43. The van der Waals surface area contributed by atoms with Crippen LogP contribution >= 0.6 is 15.9 Å². The Morgan fingerprint density at radius 1 is 1.05 bits per heavy atom. The monoisotopic (exact) mass is 337 g/mol. The van der Waals surface area contributed by atoms with Crippen LogP contribution in [0.2, 0.25) is 0 Å². The molecule has 0 saturated carbocycles. The number of carbonyl (C=O) groups is 1. The molecule has 2 aromatic carbocycles. The third-order valence-electron chi connectivity index (χ3n) is 2.81. The van der Waals surface area contributed by atoms with Crippen LogP contribution in [0.3, 0.4) is 0 Å². The summed E-state index contributed by atoms with van der Waals surface area (Å²) in [5.74, 6) is -0.0533. The van der Waals surface area contributed by atoms with Gasteiger partial charge in [-0.25, -0.2) is 0 Å². The van der Waals surface area contributed by atoms with E-state index >= 15 is 0 Å². The first-order chi connectivity index (χ1) is 8.99. The Kier molecular flexibility index (Phi) is 4.32. The van der Waals surface area contributed by atoms with Gasteiger partial charge in [0, 0.05) is 10.0 Å². The number of halogens is 1. The topological polar surface area (TPSA) is 34.1 Å². The smallest absolute Gasteiger partial charge is 0.212 e. The van der Waals surface area contributed by atoms with Gasteiger partial charge < -0.3 is 0 Å². The van der Waals surface area contributed by atoms with Crippen molar-refractivity contribution in [2.24, 2.45) is 0 Å². The summed E-state index contributed by atoms with van der Waals surface area (Å²) in [6, 6.07) is 16.3. The molecular formula is C15H14BrO2S+. The van der Waals surface area contributed by atoms with Gasteiger partial charge in [0.2, 0.25) is 5.78 Å². The van der Waals surface area contributed by atoms with Crippen LogP contribution in [0.25, 0.3) is 0 Å². The summed E-state index contributed by atoms with van der Waals surface area (Å²) in [7, 11) is -2.33. The van der Waals surface area contributed by atoms with E-state index in [-0.39, 0.29) is 11.5 Å². The van der Waals surface area contributed by atoms with Crippen molar-refractivity contribution < 1.29 is 9.00 Å². The molecule has 0 aromatic heterocycles. The SMILES string of the molecule is C[S+](=O)(CC(=O)c1ccc(Br)cc1)c1ccccc1. The fourth-order valence-corrected chi connectivity index (χ4v) is 3.59. The quantitative estimate of drug-likeness (QED) is 0.627. The van der Waals surface area contributed by atoms with E-state index in [2.05, 4.69) is 15.9 Å². The Labute approximate surface area is 122 Å². The Morgan fingerprint density at radius 2 is 1.63 bits per heavy atom. The van der Waals surface area contributed by atoms with Gasteiger partial charge in [0.05, 0.1) is 0 Å². The molecule has 19 heavy (non-hydrogen) atoms. The second-order valence-electron chi connectivity index (χ2n) is 4.39. The molecule has 0 fully saturated rings. The summed E-state index contributed by atoms with van der Waals surface area (Å²) in [5.41, 5.74) is 0.591. The van der Waals surface area contributed by atoms with E-state index in [1.54, 1.807) is 30.5 Å². The van der Waals surface area contributed by atoms with Crippen molar-refractivity contribution in [1.29, 1.82) is 0 Å². The maximum Gasteiger partial charge on any atom is 0.212 e. The van der Waals surface area contributed by atoms with Gasteiger partial charge in [0.1, 0.15) is 16.2 Å². The minimum Gasteiger partial charge on any atom is -0.289 e. The lowest BCUT2D eigenvalue weighted by molar-refractivity contribution is 0.102. The molecule has 0 aliphatic carbocycles. The normalized spacial score (nSPS) is 13.8. The first kappa shape index (κ1) is 14.2. The second kappa shape index (κ2) is 5.80. The Balaban J connectivity index is 2.19. The Morgan fingerprint density at radius 3 is 2.21 bits per heavy atom. The summed E-state index contributed by atoms with van der Waals surface area (Å²) in [6.07, 6.45) is 1.64. The van der Waals surface area contributed by atoms with E-state index in [1.807, 2.05) is 30.3 Å². The molecule has 0 aliphatic heterocycles.